The number of aliphatic hydroxyl groups is 1. The predicted octanol–water partition coefficient (Wildman–Crippen LogP) is 2.47. The van der Waals surface area contributed by atoms with Gasteiger partial charge in [-0.1, -0.05) is 18.5 Å². The normalized spacial score (nSPS) is 12.9. The minimum absolute atomic E-state index is 0.00593. The van der Waals surface area contributed by atoms with Gasteiger partial charge in [-0.2, -0.15) is 4.31 Å². The average Bonchev–Trinajstić information content (AvgIpc) is 2.29. The van der Waals surface area contributed by atoms with Crippen LogP contribution in [0.1, 0.15) is 20.8 Å². The fraction of sp³-hybridized carbons (Fsp3) is 0.500. The summed E-state index contributed by atoms with van der Waals surface area (Å²) in [5, 5.41) is 10.1. The Morgan fingerprint density at radius 2 is 2.00 bits per heavy atom. The van der Waals surface area contributed by atoms with Crippen LogP contribution in [-0.2, 0) is 10.0 Å². The van der Waals surface area contributed by atoms with Gasteiger partial charge in [0, 0.05) is 23.8 Å². The summed E-state index contributed by atoms with van der Waals surface area (Å²) < 4.78 is 26.7. The summed E-state index contributed by atoms with van der Waals surface area (Å²) >= 11 is 9.05. The van der Waals surface area contributed by atoms with E-state index in [4.69, 9.17) is 17.3 Å². The Morgan fingerprint density at radius 3 is 2.45 bits per heavy atom. The van der Waals surface area contributed by atoms with Crippen molar-refractivity contribution in [3.05, 3.63) is 21.6 Å². The second-order valence-electron chi connectivity index (χ2n) is 5.05. The molecule has 0 saturated carbocycles. The van der Waals surface area contributed by atoms with Gasteiger partial charge in [0.2, 0.25) is 10.0 Å². The SMILES string of the molecule is CCN(CC(C)(C)O)S(=O)(=O)c1cc(Cl)cc(N)c1Br. The summed E-state index contributed by atoms with van der Waals surface area (Å²) in [6.45, 7) is 5.00. The largest absolute Gasteiger partial charge is 0.398 e. The van der Waals surface area contributed by atoms with Crippen molar-refractivity contribution in [2.75, 3.05) is 18.8 Å². The highest BCUT2D eigenvalue weighted by molar-refractivity contribution is 9.10. The van der Waals surface area contributed by atoms with Crippen molar-refractivity contribution in [2.24, 2.45) is 0 Å². The van der Waals surface area contributed by atoms with Gasteiger partial charge < -0.3 is 10.8 Å². The Labute approximate surface area is 132 Å². The third kappa shape index (κ3) is 4.08. The van der Waals surface area contributed by atoms with E-state index in [0.717, 1.165) is 0 Å². The Kier molecular flexibility index (Phi) is 5.48. The lowest BCUT2D eigenvalue weighted by atomic mass is 10.1. The molecule has 0 saturated heterocycles. The molecule has 0 heterocycles. The highest BCUT2D eigenvalue weighted by atomic mass is 79.9. The number of nitrogens with zero attached hydrogens (tertiary/aromatic N) is 1. The number of rotatable bonds is 5. The molecule has 0 unspecified atom stereocenters. The Bertz CT molecular complexity index is 599. The van der Waals surface area contributed by atoms with Crippen molar-refractivity contribution in [2.45, 2.75) is 31.3 Å². The standard InChI is InChI=1S/C12H18BrClN2O3S/c1-4-16(7-12(2,3)17)20(18,19)10-6-8(14)5-9(15)11(10)13/h5-6,17H,4,7,15H2,1-3H3. The molecule has 0 spiro atoms. The highest BCUT2D eigenvalue weighted by Crippen LogP contribution is 2.33. The van der Waals surface area contributed by atoms with Crippen LogP contribution in [0.15, 0.2) is 21.5 Å². The molecule has 1 aromatic rings. The predicted molar refractivity (Wildman–Crippen MR) is 84.3 cm³/mol. The first-order chi connectivity index (χ1) is 8.99. The van der Waals surface area contributed by atoms with Crippen LogP contribution in [0.25, 0.3) is 0 Å². The lowest BCUT2D eigenvalue weighted by molar-refractivity contribution is 0.0601. The van der Waals surface area contributed by atoms with Crippen molar-refractivity contribution in [1.82, 2.24) is 4.31 Å². The van der Waals surface area contributed by atoms with E-state index in [1.54, 1.807) is 20.8 Å². The molecule has 1 rings (SSSR count). The van der Waals surface area contributed by atoms with Crippen LogP contribution in [-0.4, -0.2) is 36.5 Å². The van der Waals surface area contributed by atoms with Crippen molar-refractivity contribution >= 4 is 43.2 Å². The van der Waals surface area contributed by atoms with Gasteiger partial charge in [0.25, 0.3) is 0 Å². The smallest absolute Gasteiger partial charge is 0.244 e. The monoisotopic (exact) mass is 384 g/mol. The van der Waals surface area contributed by atoms with E-state index in [0.29, 0.717) is 0 Å². The maximum atomic E-state index is 12.6. The van der Waals surface area contributed by atoms with Crippen molar-refractivity contribution < 1.29 is 13.5 Å². The van der Waals surface area contributed by atoms with Gasteiger partial charge in [-0.05, 0) is 41.9 Å². The summed E-state index contributed by atoms with van der Waals surface area (Å²) in [5.74, 6) is 0. The molecule has 0 aliphatic rings. The molecule has 0 aliphatic carbocycles. The summed E-state index contributed by atoms with van der Waals surface area (Å²) in [4.78, 5) is -0.00593. The number of likely N-dealkylation sites (N-methyl/N-ethyl adjacent to an activating group) is 1. The number of benzene rings is 1. The van der Waals surface area contributed by atoms with Gasteiger partial charge in [-0.3, -0.25) is 0 Å². The lowest BCUT2D eigenvalue weighted by Gasteiger charge is -2.28. The number of hydrogen-bond acceptors (Lipinski definition) is 4. The lowest BCUT2D eigenvalue weighted by Crippen LogP contribution is -2.42. The molecule has 8 heteroatoms. The van der Waals surface area contributed by atoms with Gasteiger partial charge >= 0.3 is 0 Å². The highest BCUT2D eigenvalue weighted by Gasteiger charge is 2.30. The van der Waals surface area contributed by atoms with Crippen LogP contribution in [0, 0.1) is 0 Å². The van der Waals surface area contributed by atoms with Crippen LogP contribution in [0.4, 0.5) is 5.69 Å². The second-order valence-corrected chi connectivity index (χ2v) is 8.19. The molecular weight excluding hydrogens is 368 g/mol. The first-order valence-corrected chi connectivity index (χ1v) is 8.57. The molecule has 0 amide bonds. The topological polar surface area (TPSA) is 83.6 Å². The molecule has 5 nitrogen and oxygen atoms in total. The van der Waals surface area contributed by atoms with Crippen LogP contribution >= 0.6 is 27.5 Å². The third-order valence-corrected chi connectivity index (χ3v) is 5.88. The molecule has 0 atom stereocenters. The third-order valence-electron chi connectivity index (χ3n) is 2.57. The van der Waals surface area contributed by atoms with Crippen LogP contribution < -0.4 is 5.73 Å². The van der Waals surface area contributed by atoms with Crippen molar-refractivity contribution in [1.29, 1.82) is 0 Å². The molecule has 0 aliphatic heterocycles. The summed E-state index contributed by atoms with van der Waals surface area (Å²) in [5.41, 5.74) is 4.83. The van der Waals surface area contributed by atoms with E-state index in [1.807, 2.05) is 0 Å². The maximum absolute atomic E-state index is 12.6. The van der Waals surface area contributed by atoms with Crippen LogP contribution in [0.3, 0.4) is 0 Å². The number of anilines is 1. The fourth-order valence-electron chi connectivity index (χ4n) is 1.71. The zero-order chi connectivity index (χ0) is 15.7. The second kappa shape index (κ2) is 6.19. The first kappa shape index (κ1) is 17.7. The van der Waals surface area contributed by atoms with Gasteiger partial charge in [-0.15, -0.1) is 0 Å². The minimum Gasteiger partial charge on any atom is -0.398 e. The molecule has 0 bridgehead atoms. The summed E-state index contributed by atoms with van der Waals surface area (Å²) in [6.07, 6.45) is 0. The molecule has 0 aromatic heterocycles. The minimum atomic E-state index is -3.80. The van der Waals surface area contributed by atoms with Crippen molar-refractivity contribution in [3.63, 3.8) is 0 Å². The number of halogens is 2. The molecule has 20 heavy (non-hydrogen) atoms. The van der Waals surface area contributed by atoms with Gasteiger partial charge in [0.1, 0.15) is 0 Å². The Hall–Kier alpha value is -0.340. The van der Waals surface area contributed by atoms with Crippen LogP contribution in [0.2, 0.25) is 5.02 Å². The molecule has 114 valence electrons. The zero-order valence-corrected chi connectivity index (χ0v) is 14.7. The van der Waals surface area contributed by atoms with E-state index >= 15 is 0 Å². The molecular formula is C12H18BrClN2O3S. The number of hydrogen-bond donors (Lipinski definition) is 2. The number of sulfonamides is 1. The molecule has 0 radical (unpaired) electrons. The van der Waals surface area contributed by atoms with Gasteiger partial charge in [0.15, 0.2) is 0 Å². The van der Waals surface area contributed by atoms with Crippen molar-refractivity contribution in [3.8, 4) is 0 Å². The van der Waals surface area contributed by atoms with E-state index in [9.17, 15) is 13.5 Å². The first-order valence-electron chi connectivity index (χ1n) is 5.96. The van der Waals surface area contributed by atoms with E-state index in [1.165, 1.54) is 16.4 Å². The van der Waals surface area contributed by atoms with Gasteiger partial charge in [-0.25, -0.2) is 8.42 Å². The maximum Gasteiger partial charge on any atom is 0.244 e. The van der Waals surface area contributed by atoms with Crippen LogP contribution in [0.5, 0.6) is 0 Å². The molecule has 0 fully saturated rings. The Morgan fingerprint density at radius 1 is 1.45 bits per heavy atom. The molecule has 1 aromatic carbocycles. The molecule has 3 N–H and O–H groups in total. The van der Waals surface area contributed by atoms with E-state index in [2.05, 4.69) is 15.9 Å². The summed E-state index contributed by atoms with van der Waals surface area (Å²) in [7, 11) is -3.80. The van der Waals surface area contributed by atoms with E-state index < -0.39 is 15.6 Å². The fourth-order valence-corrected chi connectivity index (χ4v) is 4.57. The quantitative estimate of drug-likeness (QED) is 0.763. The zero-order valence-electron chi connectivity index (χ0n) is 11.5. The average molecular weight is 386 g/mol. The number of nitrogen functional groups attached to an aromatic ring is 1. The number of nitrogens with two attached hydrogens (primary N) is 1. The summed E-state index contributed by atoms with van der Waals surface area (Å²) in [6, 6.07) is 2.81. The Balaban J connectivity index is 3.35. The van der Waals surface area contributed by atoms with E-state index in [-0.39, 0.29) is 33.2 Å². The van der Waals surface area contributed by atoms with Gasteiger partial charge in [0.05, 0.1) is 15.0 Å².